The highest BCUT2D eigenvalue weighted by molar-refractivity contribution is 6.11. The zero-order valence-electron chi connectivity index (χ0n) is 17.6. The second-order valence-corrected chi connectivity index (χ2v) is 7.80. The van der Waals surface area contributed by atoms with Crippen molar-refractivity contribution in [3.05, 3.63) is 59.4 Å². The highest BCUT2D eigenvalue weighted by Gasteiger charge is 2.34. The van der Waals surface area contributed by atoms with Crippen LogP contribution in [0.25, 0.3) is 0 Å². The number of ether oxygens (including phenoxy) is 1. The third-order valence-corrected chi connectivity index (χ3v) is 5.99. The van der Waals surface area contributed by atoms with Gasteiger partial charge < -0.3 is 9.64 Å². The van der Waals surface area contributed by atoms with Crippen LogP contribution in [0.2, 0.25) is 0 Å². The number of fused-ring (bicyclic) bond motifs is 3. The first kappa shape index (κ1) is 20.5. The Morgan fingerprint density at radius 3 is 2.83 bits per heavy atom. The fraction of sp³-hybridized carbons (Fsp3) is 0.417. The van der Waals surface area contributed by atoms with Gasteiger partial charge in [0.15, 0.2) is 0 Å². The van der Waals surface area contributed by atoms with E-state index in [-0.39, 0.29) is 17.6 Å². The molecule has 6 heteroatoms. The minimum absolute atomic E-state index is 0.0381. The van der Waals surface area contributed by atoms with E-state index in [1.807, 2.05) is 30.3 Å². The number of aryl methyl sites for hydroxylation is 1. The van der Waals surface area contributed by atoms with Gasteiger partial charge in [-0.25, -0.2) is 9.40 Å². The van der Waals surface area contributed by atoms with Gasteiger partial charge in [-0.05, 0) is 55.8 Å². The van der Waals surface area contributed by atoms with Crippen molar-refractivity contribution < 1.29 is 13.9 Å². The average molecular weight is 410 g/mol. The first-order valence-corrected chi connectivity index (χ1v) is 10.7. The summed E-state index contributed by atoms with van der Waals surface area (Å²) in [6.45, 7) is 7.68. The molecule has 0 bridgehead atoms. The summed E-state index contributed by atoms with van der Waals surface area (Å²) in [5.74, 6) is 0.453. The van der Waals surface area contributed by atoms with E-state index in [0.717, 1.165) is 49.3 Å². The van der Waals surface area contributed by atoms with Crippen molar-refractivity contribution in [2.75, 3.05) is 31.3 Å². The normalized spacial score (nSPS) is 18.1. The molecule has 1 heterocycles. The molecular weight excluding hydrogens is 381 g/mol. The molecule has 1 atom stereocenters. The van der Waals surface area contributed by atoms with Crippen LogP contribution in [0, 0.1) is 11.7 Å². The van der Waals surface area contributed by atoms with Gasteiger partial charge in [-0.15, -0.1) is 0 Å². The minimum Gasteiger partial charge on any atom is -0.492 e. The lowest BCUT2D eigenvalue weighted by Gasteiger charge is -2.33. The van der Waals surface area contributed by atoms with E-state index in [4.69, 9.17) is 4.74 Å². The Morgan fingerprint density at radius 1 is 1.20 bits per heavy atom. The van der Waals surface area contributed by atoms with Crippen molar-refractivity contribution in [1.82, 2.24) is 4.90 Å². The number of hydrazone groups is 1. The first-order chi connectivity index (χ1) is 14.6. The molecule has 30 heavy (non-hydrogen) atoms. The van der Waals surface area contributed by atoms with E-state index in [1.165, 1.54) is 11.1 Å². The van der Waals surface area contributed by atoms with Gasteiger partial charge in [-0.1, -0.05) is 26.0 Å². The van der Waals surface area contributed by atoms with Crippen molar-refractivity contribution in [2.45, 2.75) is 33.1 Å². The van der Waals surface area contributed by atoms with Gasteiger partial charge in [-0.3, -0.25) is 4.79 Å². The van der Waals surface area contributed by atoms with Gasteiger partial charge in [0.2, 0.25) is 5.91 Å². The standard InChI is InChI=1S/C24H28FN3O2/c1-3-27(4-2)12-13-30-21-7-5-6-20(16-21)28-23(29)14-18-9-8-17-10-11-19(25)15-22(17)24(18)26-28/h5-7,10-11,15-16,18H,3-4,8-9,12-14H2,1-2H3. The molecule has 2 aromatic rings. The van der Waals surface area contributed by atoms with Crippen molar-refractivity contribution in [1.29, 1.82) is 0 Å². The Labute approximate surface area is 177 Å². The van der Waals surface area contributed by atoms with Crippen molar-refractivity contribution in [2.24, 2.45) is 11.0 Å². The molecule has 1 amide bonds. The second kappa shape index (κ2) is 8.96. The second-order valence-electron chi connectivity index (χ2n) is 7.80. The predicted molar refractivity (Wildman–Crippen MR) is 117 cm³/mol. The molecule has 0 fully saturated rings. The van der Waals surface area contributed by atoms with E-state index < -0.39 is 0 Å². The number of carbonyl (C=O) groups is 1. The lowest BCUT2D eigenvalue weighted by Crippen LogP contribution is -2.39. The van der Waals surface area contributed by atoms with Crippen LogP contribution < -0.4 is 9.75 Å². The van der Waals surface area contributed by atoms with Gasteiger partial charge in [-0.2, -0.15) is 5.10 Å². The molecule has 0 radical (unpaired) electrons. The highest BCUT2D eigenvalue weighted by atomic mass is 19.1. The summed E-state index contributed by atoms with van der Waals surface area (Å²) in [6.07, 6.45) is 2.11. The number of benzene rings is 2. The molecule has 0 saturated heterocycles. The van der Waals surface area contributed by atoms with Crippen molar-refractivity contribution >= 4 is 17.3 Å². The van der Waals surface area contributed by atoms with Gasteiger partial charge in [0, 0.05) is 30.5 Å². The highest BCUT2D eigenvalue weighted by Crippen LogP contribution is 2.34. The van der Waals surface area contributed by atoms with Crippen LogP contribution in [0.4, 0.5) is 10.1 Å². The first-order valence-electron chi connectivity index (χ1n) is 10.7. The summed E-state index contributed by atoms with van der Waals surface area (Å²) in [4.78, 5) is 15.1. The molecule has 0 spiro atoms. The number of halogens is 1. The molecule has 5 nitrogen and oxygen atoms in total. The Balaban J connectivity index is 1.57. The molecule has 0 saturated carbocycles. The number of carbonyl (C=O) groups excluding carboxylic acids is 1. The zero-order chi connectivity index (χ0) is 21.1. The number of amides is 1. The monoisotopic (exact) mass is 409 g/mol. The molecule has 4 rings (SSSR count). The smallest absolute Gasteiger partial charge is 0.248 e. The van der Waals surface area contributed by atoms with Gasteiger partial charge >= 0.3 is 0 Å². The molecule has 158 valence electrons. The lowest BCUT2D eigenvalue weighted by atomic mass is 9.79. The van der Waals surface area contributed by atoms with E-state index in [2.05, 4.69) is 23.8 Å². The maximum absolute atomic E-state index is 13.9. The number of nitrogens with zero attached hydrogens (tertiary/aromatic N) is 3. The van der Waals surface area contributed by atoms with Crippen LogP contribution in [-0.2, 0) is 11.2 Å². The van der Waals surface area contributed by atoms with Crippen LogP contribution in [0.3, 0.4) is 0 Å². The minimum atomic E-state index is -0.274. The Hall–Kier alpha value is -2.73. The average Bonchev–Trinajstić information content (AvgIpc) is 2.76. The van der Waals surface area contributed by atoms with E-state index in [1.54, 1.807) is 6.07 Å². The van der Waals surface area contributed by atoms with Crippen molar-refractivity contribution in [3.63, 3.8) is 0 Å². The molecule has 2 aromatic carbocycles. The van der Waals surface area contributed by atoms with Crippen LogP contribution in [0.5, 0.6) is 5.75 Å². The van der Waals surface area contributed by atoms with E-state index >= 15 is 0 Å². The molecular formula is C24H28FN3O2. The Kier molecular flexibility index (Phi) is 6.13. The largest absolute Gasteiger partial charge is 0.492 e. The van der Waals surface area contributed by atoms with Crippen LogP contribution in [0.15, 0.2) is 47.6 Å². The molecule has 2 aliphatic rings. The molecule has 1 aliphatic heterocycles. The summed E-state index contributed by atoms with van der Waals surface area (Å²) >= 11 is 0. The number of anilines is 1. The maximum Gasteiger partial charge on any atom is 0.248 e. The SMILES string of the molecule is CCN(CC)CCOc1cccc(N2N=C3c4cc(F)ccc4CCC3CC2=O)c1. The topological polar surface area (TPSA) is 45.1 Å². The number of hydrogen-bond acceptors (Lipinski definition) is 4. The van der Waals surface area contributed by atoms with Crippen LogP contribution in [0.1, 0.15) is 37.8 Å². The van der Waals surface area contributed by atoms with E-state index in [0.29, 0.717) is 24.5 Å². The molecule has 0 N–H and O–H groups in total. The fourth-order valence-corrected chi connectivity index (χ4v) is 4.23. The number of hydrogen-bond donors (Lipinski definition) is 0. The van der Waals surface area contributed by atoms with Crippen LogP contribution in [-0.4, -0.2) is 42.8 Å². The third-order valence-electron chi connectivity index (χ3n) is 5.99. The maximum atomic E-state index is 13.9. The van der Waals surface area contributed by atoms with Gasteiger partial charge in [0.25, 0.3) is 0 Å². The molecule has 0 aromatic heterocycles. The summed E-state index contributed by atoms with van der Waals surface area (Å²) in [7, 11) is 0. The summed E-state index contributed by atoms with van der Waals surface area (Å²) in [5, 5.41) is 6.13. The zero-order valence-corrected chi connectivity index (χ0v) is 17.6. The Morgan fingerprint density at radius 2 is 2.03 bits per heavy atom. The van der Waals surface area contributed by atoms with Crippen LogP contribution >= 0.6 is 0 Å². The van der Waals surface area contributed by atoms with E-state index in [9.17, 15) is 9.18 Å². The van der Waals surface area contributed by atoms with Gasteiger partial charge in [0.05, 0.1) is 11.4 Å². The summed E-state index contributed by atoms with van der Waals surface area (Å²) in [6, 6.07) is 12.3. The van der Waals surface area contributed by atoms with Crippen molar-refractivity contribution in [3.8, 4) is 5.75 Å². The predicted octanol–water partition coefficient (Wildman–Crippen LogP) is 4.25. The molecule has 1 unspecified atom stereocenters. The quantitative estimate of drug-likeness (QED) is 0.687. The lowest BCUT2D eigenvalue weighted by molar-refractivity contribution is -0.119. The molecule has 1 aliphatic carbocycles. The fourth-order valence-electron chi connectivity index (χ4n) is 4.23. The summed E-state index contributed by atoms with van der Waals surface area (Å²) in [5.41, 5.74) is 3.41. The van der Waals surface area contributed by atoms with Gasteiger partial charge in [0.1, 0.15) is 18.2 Å². The number of likely N-dealkylation sites (N-methyl/N-ethyl adjacent to an activating group) is 1. The number of rotatable bonds is 7. The Bertz CT molecular complexity index is 955. The summed E-state index contributed by atoms with van der Waals surface area (Å²) < 4.78 is 19.8. The third kappa shape index (κ3) is 4.24.